The molecule has 0 aliphatic heterocycles. The number of fused-ring (bicyclic) bond motifs is 4. The Morgan fingerprint density at radius 2 is 1.51 bits per heavy atom. The Hall–Kier alpha value is -4.10. The van der Waals surface area contributed by atoms with Gasteiger partial charge in [-0.25, -0.2) is 10.2 Å². The van der Waals surface area contributed by atoms with Gasteiger partial charge in [0.2, 0.25) is 16.7 Å². The van der Waals surface area contributed by atoms with Crippen molar-refractivity contribution in [1.29, 1.82) is 0 Å². The van der Waals surface area contributed by atoms with Crippen molar-refractivity contribution in [2.45, 2.75) is 9.79 Å². The van der Waals surface area contributed by atoms with Crippen LogP contribution < -0.4 is 9.88 Å². The fraction of sp³-hybridized carbons (Fsp3) is 0. The molecule has 0 spiro atoms. The van der Waals surface area contributed by atoms with Gasteiger partial charge >= 0.3 is 0 Å². The van der Waals surface area contributed by atoms with Crippen LogP contribution in [0.2, 0.25) is 0 Å². The molecule has 11 heteroatoms. The highest BCUT2D eigenvalue weighted by molar-refractivity contribution is 7.94. The average Bonchev–Trinajstić information content (AvgIpc) is 2.95. The maximum Gasteiger partial charge on any atom is 0.294 e. The highest BCUT2D eigenvalue weighted by Crippen LogP contribution is 2.37. The van der Waals surface area contributed by atoms with Crippen LogP contribution in [0.15, 0.2) is 113 Å². The Kier molecular flexibility index (Phi) is 6.61. The number of aromatic nitrogens is 2. The van der Waals surface area contributed by atoms with Crippen LogP contribution in [0.3, 0.4) is 0 Å². The normalized spacial score (nSPS) is 11.8. The molecule has 0 amide bonds. The van der Waals surface area contributed by atoms with E-state index in [-0.39, 0.29) is 9.79 Å². The van der Waals surface area contributed by atoms with Gasteiger partial charge in [0.25, 0.3) is 10.1 Å². The number of hydrogen-bond acceptors (Lipinski definition) is 8. The lowest BCUT2D eigenvalue weighted by atomic mass is 10.0. The van der Waals surface area contributed by atoms with Crippen molar-refractivity contribution in [2.24, 2.45) is 0 Å². The lowest BCUT2D eigenvalue weighted by Gasteiger charge is -2.15. The van der Waals surface area contributed by atoms with Crippen LogP contribution in [-0.2, 0) is 19.5 Å². The van der Waals surface area contributed by atoms with Gasteiger partial charge < -0.3 is 5.32 Å². The molecule has 0 radical (unpaired) electrons. The van der Waals surface area contributed by atoms with Crippen LogP contribution in [0.4, 0.5) is 11.4 Å². The summed E-state index contributed by atoms with van der Waals surface area (Å²) < 4.78 is 39.7. The second-order valence-corrected chi connectivity index (χ2v) is 10.8. The topological polar surface area (TPSA) is 122 Å². The minimum atomic E-state index is -4.47. The molecule has 0 atom stereocenters. The van der Waals surface area contributed by atoms with Crippen molar-refractivity contribution in [2.75, 3.05) is 5.32 Å². The first kappa shape index (κ1) is 25.2. The largest absolute Gasteiger partial charge is 0.354 e. The van der Waals surface area contributed by atoms with E-state index in [1.165, 1.54) is 18.2 Å². The highest BCUT2D eigenvalue weighted by Gasteiger charge is 2.23. The summed E-state index contributed by atoms with van der Waals surface area (Å²) in [4.78, 5) is 4.94. The fourth-order valence-corrected chi connectivity index (χ4v) is 5.69. The molecular weight excluding hydrogens is 538 g/mol. The zero-order valence-corrected chi connectivity index (χ0v) is 21.7. The molecule has 6 rings (SSSR count). The van der Waals surface area contributed by atoms with Gasteiger partial charge in [0.15, 0.2) is 0 Å². The molecule has 6 aromatic rings. The van der Waals surface area contributed by atoms with Gasteiger partial charge in [-0.1, -0.05) is 59.6 Å². The predicted octanol–water partition coefficient (Wildman–Crippen LogP) is 6.24. The maximum absolute atomic E-state index is 11.7. The van der Waals surface area contributed by atoms with E-state index in [9.17, 15) is 13.0 Å². The van der Waals surface area contributed by atoms with E-state index >= 15 is 0 Å². The third-order valence-electron chi connectivity index (χ3n) is 6.28. The minimum Gasteiger partial charge on any atom is -0.354 e. The first-order valence-electron chi connectivity index (χ1n) is 11.7. The van der Waals surface area contributed by atoms with Crippen molar-refractivity contribution < 1.29 is 32.2 Å². The first-order chi connectivity index (χ1) is 18.9. The molecule has 9 nitrogen and oxygen atoms in total. The molecule has 5 aromatic carbocycles. The smallest absolute Gasteiger partial charge is 0.294 e. The van der Waals surface area contributed by atoms with Gasteiger partial charge in [0.05, 0.1) is 33.2 Å². The van der Waals surface area contributed by atoms with E-state index in [4.69, 9.17) is 10.2 Å². The summed E-state index contributed by atoms with van der Waals surface area (Å²) in [5.74, 6) is 0. The molecule has 0 bridgehead atoms. The van der Waals surface area contributed by atoms with Crippen molar-refractivity contribution in [3.05, 3.63) is 103 Å². The van der Waals surface area contributed by atoms with Crippen LogP contribution >= 0.6 is 12.0 Å². The molecule has 0 saturated heterocycles. The molecule has 0 aliphatic carbocycles. The van der Waals surface area contributed by atoms with Gasteiger partial charge in [0.1, 0.15) is 11.0 Å². The van der Waals surface area contributed by atoms with Crippen molar-refractivity contribution in [3.63, 3.8) is 0 Å². The van der Waals surface area contributed by atoms with Crippen LogP contribution in [0.25, 0.3) is 38.5 Å². The van der Waals surface area contributed by atoms with Gasteiger partial charge in [-0.3, -0.25) is 4.55 Å². The SMILES string of the molecule is O=S(=O)(O)c1ccc(Nc2cc3c(nc4ccccc4[n+]3-c3ccccc3)c3ccccc23)c(SOOO)c1. The predicted molar refractivity (Wildman–Crippen MR) is 148 cm³/mol. The first-order valence-corrected chi connectivity index (χ1v) is 13.9. The van der Waals surface area contributed by atoms with E-state index in [1.54, 1.807) is 0 Å². The molecule has 1 aromatic heterocycles. The number of nitrogens with zero attached hydrogens (tertiary/aromatic N) is 2. The summed E-state index contributed by atoms with van der Waals surface area (Å²) >= 11 is 0.580. The lowest BCUT2D eigenvalue weighted by molar-refractivity contribution is -0.538. The third kappa shape index (κ3) is 4.79. The van der Waals surface area contributed by atoms with Crippen molar-refractivity contribution >= 4 is 66.4 Å². The zero-order chi connectivity index (χ0) is 27.0. The molecule has 0 unspecified atom stereocenters. The molecule has 0 aliphatic rings. The number of anilines is 2. The van der Waals surface area contributed by atoms with Crippen molar-refractivity contribution in [1.82, 2.24) is 4.98 Å². The monoisotopic (exact) mass is 558 g/mol. The van der Waals surface area contributed by atoms with Crippen LogP contribution in [0.5, 0.6) is 0 Å². The van der Waals surface area contributed by atoms with Gasteiger partial charge in [-0.15, -0.1) is 8.90 Å². The lowest BCUT2D eigenvalue weighted by Crippen LogP contribution is -2.33. The number of nitrogens with one attached hydrogen (secondary N) is 1. The van der Waals surface area contributed by atoms with Gasteiger partial charge in [0, 0.05) is 35.0 Å². The standard InChI is InChI=1S/C28H19N3O6S2/c32-36-37-38-27-16-19(39(33,34)35)14-15-23(27)29-24-17-26-28(21-11-5-4-10-20(21)24)30-22-12-6-7-13-25(22)31(26)18-8-2-1-3-9-18/h1-17H,(H2,32,33,34,35)/p+1. The van der Waals surface area contributed by atoms with E-state index in [0.717, 1.165) is 38.5 Å². The molecule has 39 heavy (non-hydrogen) atoms. The van der Waals surface area contributed by atoms with Crippen LogP contribution in [0.1, 0.15) is 0 Å². The molecule has 194 valence electrons. The minimum absolute atomic E-state index is 0.246. The van der Waals surface area contributed by atoms with Gasteiger partial charge in [-0.05, 0) is 24.3 Å². The quantitative estimate of drug-likeness (QED) is 0.0398. The summed E-state index contributed by atoms with van der Waals surface area (Å²) in [5.41, 5.74) is 5.57. The van der Waals surface area contributed by atoms with Crippen LogP contribution in [0, 0.1) is 0 Å². The number of para-hydroxylation sites is 3. The maximum atomic E-state index is 11.7. The van der Waals surface area contributed by atoms with Gasteiger partial charge in [-0.2, -0.15) is 8.42 Å². The Bertz CT molecular complexity index is 1970. The highest BCUT2D eigenvalue weighted by atomic mass is 32.2. The second-order valence-electron chi connectivity index (χ2n) is 8.59. The molecule has 3 N–H and O–H groups in total. The second kappa shape index (κ2) is 10.2. The average molecular weight is 559 g/mol. The van der Waals surface area contributed by atoms with E-state index in [1.807, 2.05) is 84.9 Å². The molecule has 1 heterocycles. The fourth-order valence-electron chi connectivity index (χ4n) is 4.62. The number of hydrogen-bond donors (Lipinski definition) is 3. The Morgan fingerprint density at radius 3 is 2.28 bits per heavy atom. The van der Waals surface area contributed by atoms with E-state index in [0.29, 0.717) is 23.4 Å². The van der Waals surface area contributed by atoms with E-state index in [2.05, 4.69) is 19.3 Å². The summed E-state index contributed by atoms with van der Waals surface area (Å²) in [6.07, 6.45) is 0. The summed E-state index contributed by atoms with van der Waals surface area (Å²) in [5, 5.41) is 17.6. The summed E-state index contributed by atoms with van der Waals surface area (Å²) in [6, 6.07) is 31.7. The summed E-state index contributed by atoms with van der Waals surface area (Å²) in [7, 11) is -4.47. The number of rotatable bonds is 7. The Balaban J connectivity index is 1.63. The Morgan fingerprint density at radius 1 is 0.795 bits per heavy atom. The van der Waals surface area contributed by atoms with E-state index < -0.39 is 10.1 Å². The van der Waals surface area contributed by atoms with Crippen molar-refractivity contribution in [3.8, 4) is 5.69 Å². The molecular formula is C28H20N3O6S2+. The van der Waals surface area contributed by atoms with Crippen LogP contribution in [-0.4, -0.2) is 23.2 Å². The summed E-state index contributed by atoms with van der Waals surface area (Å²) in [6.45, 7) is 0. The zero-order valence-electron chi connectivity index (χ0n) is 20.1. The Labute approximate surface area is 227 Å². The molecule has 0 fully saturated rings. The number of benzene rings is 5. The molecule has 0 saturated carbocycles. The third-order valence-corrected chi connectivity index (χ3v) is 7.78.